The average molecular weight is 177 g/mol. The molecule has 0 saturated heterocycles. The Hall–Kier alpha value is -1.18. The molecule has 0 aromatic carbocycles. The van der Waals surface area contributed by atoms with Crippen LogP contribution in [0.1, 0.15) is 42.2 Å². The number of pyridine rings is 1. The van der Waals surface area contributed by atoms with Crippen LogP contribution in [0.2, 0.25) is 0 Å². The third-order valence-corrected chi connectivity index (χ3v) is 2.06. The summed E-state index contributed by atoms with van der Waals surface area (Å²) in [4.78, 5) is 15.7. The second kappa shape index (κ2) is 4.75. The van der Waals surface area contributed by atoms with Gasteiger partial charge in [-0.1, -0.05) is 13.3 Å². The summed E-state index contributed by atoms with van der Waals surface area (Å²) in [6.07, 6.45) is 4.38. The van der Waals surface area contributed by atoms with E-state index < -0.39 is 0 Å². The lowest BCUT2D eigenvalue weighted by Gasteiger charge is -2.02. The van der Waals surface area contributed by atoms with Gasteiger partial charge in [0.2, 0.25) is 0 Å². The minimum Gasteiger partial charge on any atom is -0.294 e. The van der Waals surface area contributed by atoms with Gasteiger partial charge in [-0.3, -0.25) is 9.78 Å². The zero-order valence-corrected chi connectivity index (χ0v) is 8.21. The van der Waals surface area contributed by atoms with Gasteiger partial charge in [0.1, 0.15) is 0 Å². The van der Waals surface area contributed by atoms with Gasteiger partial charge in [-0.25, -0.2) is 0 Å². The maximum absolute atomic E-state index is 11.6. The van der Waals surface area contributed by atoms with Crippen LogP contribution in [0.5, 0.6) is 0 Å². The standard InChI is InChI=1S/C11H15NO/c1-3-4-7-11(13)10-6-5-8-12-9(10)2/h5-6,8H,3-4,7H2,1-2H3. The first-order valence-electron chi connectivity index (χ1n) is 4.70. The number of hydrogen-bond donors (Lipinski definition) is 0. The molecule has 1 heterocycles. The van der Waals surface area contributed by atoms with Gasteiger partial charge in [-0.2, -0.15) is 0 Å². The second-order valence-corrected chi connectivity index (χ2v) is 3.16. The third-order valence-electron chi connectivity index (χ3n) is 2.06. The van der Waals surface area contributed by atoms with E-state index in [1.165, 1.54) is 0 Å². The lowest BCUT2D eigenvalue weighted by molar-refractivity contribution is 0.0979. The fraction of sp³-hybridized carbons (Fsp3) is 0.455. The largest absolute Gasteiger partial charge is 0.294 e. The first kappa shape index (κ1) is 9.90. The lowest BCUT2D eigenvalue weighted by Crippen LogP contribution is -2.02. The van der Waals surface area contributed by atoms with Crippen molar-refractivity contribution in [3.63, 3.8) is 0 Å². The number of hydrogen-bond acceptors (Lipinski definition) is 2. The van der Waals surface area contributed by atoms with Crippen LogP contribution in [-0.2, 0) is 0 Å². The average Bonchev–Trinajstić information content (AvgIpc) is 2.15. The van der Waals surface area contributed by atoms with Crippen molar-refractivity contribution in [2.75, 3.05) is 0 Å². The van der Waals surface area contributed by atoms with E-state index in [1.807, 2.05) is 19.1 Å². The molecule has 0 aliphatic rings. The predicted molar refractivity (Wildman–Crippen MR) is 52.8 cm³/mol. The quantitative estimate of drug-likeness (QED) is 0.662. The molecule has 0 spiro atoms. The molecule has 13 heavy (non-hydrogen) atoms. The summed E-state index contributed by atoms with van der Waals surface area (Å²) in [6.45, 7) is 3.96. The van der Waals surface area contributed by atoms with Crippen LogP contribution >= 0.6 is 0 Å². The monoisotopic (exact) mass is 177 g/mol. The van der Waals surface area contributed by atoms with Gasteiger partial charge in [0, 0.05) is 23.9 Å². The minimum atomic E-state index is 0.215. The molecule has 70 valence electrons. The number of aromatic nitrogens is 1. The summed E-state index contributed by atoms with van der Waals surface area (Å²) >= 11 is 0. The molecule has 0 unspecified atom stereocenters. The zero-order chi connectivity index (χ0) is 9.68. The van der Waals surface area contributed by atoms with Crippen molar-refractivity contribution in [1.29, 1.82) is 0 Å². The Morgan fingerprint density at radius 2 is 2.31 bits per heavy atom. The van der Waals surface area contributed by atoms with Crippen LogP contribution in [0.3, 0.4) is 0 Å². The topological polar surface area (TPSA) is 30.0 Å². The molecular weight excluding hydrogens is 162 g/mol. The van der Waals surface area contributed by atoms with Crippen LogP contribution in [0.4, 0.5) is 0 Å². The van der Waals surface area contributed by atoms with Gasteiger partial charge in [0.05, 0.1) is 0 Å². The fourth-order valence-corrected chi connectivity index (χ4v) is 1.25. The Morgan fingerprint density at radius 1 is 1.54 bits per heavy atom. The SMILES string of the molecule is CCCCC(=O)c1cccnc1C. The molecular formula is C11H15NO. The fourth-order valence-electron chi connectivity index (χ4n) is 1.25. The molecule has 0 aliphatic carbocycles. The van der Waals surface area contributed by atoms with E-state index >= 15 is 0 Å². The molecule has 1 aromatic heterocycles. The van der Waals surface area contributed by atoms with Crippen LogP contribution in [0, 0.1) is 6.92 Å². The molecule has 0 atom stereocenters. The van der Waals surface area contributed by atoms with Crippen molar-refractivity contribution < 1.29 is 4.79 Å². The molecule has 0 aliphatic heterocycles. The van der Waals surface area contributed by atoms with E-state index in [4.69, 9.17) is 0 Å². The number of rotatable bonds is 4. The van der Waals surface area contributed by atoms with Gasteiger partial charge >= 0.3 is 0 Å². The van der Waals surface area contributed by atoms with Crippen molar-refractivity contribution in [2.24, 2.45) is 0 Å². The summed E-state index contributed by atoms with van der Waals surface area (Å²) < 4.78 is 0. The number of carbonyl (C=O) groups is 1. The van der Waals surface area contributed by atoms with Crippen molar-refractivity contribution in [3.8, 4) is 0 Å². The molecule has 0 saturated carbocycles. The Bertz CT molecular complexity index is 294. The summed E-state index contributed by atoms with van der Waals surface area (Å²) in [5.74, 6) is 0.215. The van der Waals surface area contributed by atoms with Crippen molar-refractivity contribution in [2.45, 2.75) is 33.1 Å². The van der Waals surface area contributed by atoms with Crippen LogP contribution in [-0.4, -0.2) is 10.8 Å². The third kappa shape index (κ3) is 2.65. The van der Waals surface area contributed by atoms with E-state index in [2.05, 4.69) is 11.9 Å². The van der Waals surface area contributed by atoms with Gasteiger partial charge in [0.25, 0.3) is 0 Å². The van der Waals surface area contributed by atoms with E-state index in [9.17, 15) is 4.79 Å². The normalized spacial score (nSPS) is 10.0. The van der Waals surface area contributed by atoms with E-state index in [0.29, 0.717) is 6.42 Å². The Kier molecular flexibility index (Phi) is 3.62. The summed E-state index contributed by atoms with van der Waals surface area (Å²) in [6, 6.07) is 3.66. The molecule has 2 nitrogen and oxygen atoms in total. The predicted octanol–water partition coefficient (Wildman–Crippen LogP) is 2.76. The van der Waals surface area contributed by atoms with Crippen molar-refractivity contribution >= 4 is 5.78 Å². The number of aryl methyl sites for hydroxylation is 1. The lowest BCUT2D eigenvalue weighted by atomic mass is 10.1. The van der Waals surface area contributed by atoms with Gasteiger partial charge < -0.3 is 0 Å². The van der Waals surface area contributed by atoms with Gasteiger partial charge in [-0.15, -0.1) is 0 Å². The maximum Gasteiger partial charge on any atom is 0.164 e. The number of Topliss-reactive ketones (excluding diaryl/α,β-unsaturated/α-hetero) is 1. The summed E-state index contributed by atoms with van der Waals surface area (Å²) in [5, 5.41) is 0. The molecule has 2 heteroatoms. The number of ketones is 1. The molecule has 0 amide bonds. The molecule has 0 fully saturated rings. The van der Waals surface area contributed by atoms with Crippen LogP contribution in [0.25, 0.3) is 0 Å². The minimum absolute atomic E-state index is 0.215. The highest BCUT2D eigenvalue weighted by Gasteiger charge is 2.07. The number of nitrogens with zero attached hydrogens (tertiary/aromatic N) is 1. The van der Waals surface area contributed by atoms with Crippen LogP contribution in [0.15, 0.2) is 18.3 Å². The van der Waals surface area contributed by atoms with Crippen molar-refractivity contribution in [3.05, 3.63) is 29.6 Å². The van der Waals surface area contributed by atoms with Gasteiger partial charge in [-0.05, 0) is 25.5 Å². The smallest absolute Gasteiger partial charge is 0.164 e. The van der Waals surface area contributed by atoms with E-state index in [0.717, 1.165) is 24.1 Å². The molecule has 1 aromatic rings. The maximum atomic E-state index is 11.6. The molecule has 1 rings (SSSR count). The highest BCUT2D eigenvalue weighted by molar-refractivity contribution is 5.96. The van der Waals surface area contributed by atoms with E-state index in [1.54, 1.807) is 6.20 Å². The first-order chi connectivity index (χ1) is 6.25. The zero-order valence-electron chi connectivity index (χ0n) is 8.21. The first-order valence-corrected chi connectivity index (χ1v) is 4.70. The Balaban J connectivity index is 2.71. The molecule has 0 radical (unpaired) electrons. The van der Waals surface area contributed by atoms with Crippen LogP contribution < -0.4 is 0 Å². The molecule has 0 N–H and O–H groups in total. The molecule has 0 bridgehead atoms. The summed E-state index contributed by atoms with van der Waals surface area (Å²) in [5.41, 5.74) is 1.61. The number of carbonyl (C=O) groups excluding carboxylic acids is 1. The second-order valence-electron chi connectivity index (χ2n) is 3.16. The Morgan fingerprint density at radius 3 is 2.92 bits per heavy atom. The highest BCUT2D eigenvalue weighted by atomic mass is 16.1. The van der Waals surface area contributed by atoms with Gasteiger partial charge in [0.15, 0.2) is 5.78 Å². The number of unbranched alkanes of at least 4 members (excludes halogenated alkanes) is 1. The van der Waals surface area contributed by atoms with Crippen molar-refractivity contribution in [1.82, 2.24) is 4.98 Å². The summed E-state index contributed by atoms with van der Waals surface area (Å²) in [7, 11) is 0. The highest BCUT2D eigenvalue weighted by Crippen LogP contribution is 2.09. The van der Waals surface area contributed by atoms with E-state index in [-0.39, 0.29) is 5.78 Å². The Labute approximate surface area is 79.0 Å².